The molecule has 18 heavy (non-hydrogen) atoms. The minimum absolute atomic E-state index is 0.0116. The van der Waals surface area contributed by atoms with Gasteiger partial charge >= 0.3 is 0 Å². The number of aromatic nitrogens is 2. The number of carbonyl (C=O) groups excluding carboxylic acids is 1. The summed E-state index contributed by atoms with van der Waals surface area (Å²) in [6.07, 6.45) is 2.15. The topological polar surface area (TPSA) is 105 Å². The molecule has 5 N–H and O–H groups in total. The van der Waals surface area contributed by atoms with Gasteiger partial charge in [0.15, 0.2) is 0 Å². The van der Waals surface area contributed by atoms with Crippen molar-refractivity contribution in [3.8, 4) is 0 Å². The number of anilines is 2. The smallest absolute Gasteiger partial charge is 0.221 e. The first-order valence-electron chi connectivity index (χ1n) is 5.98. The van der Waals surface area contributed by atoms with Gasteiger partial charge in [-0.3, -0.25) is 4.79 Å². The Balaban J connectivity index is 2.63. The average Bonchev–Trinajstić information content (AvgIpc) is 2.38. The maximum atomic E-state index is 11.1. The van der Waals surface area contributed by atoms with Crippen molar-refractivity contribution in [3.05, 3.63) is 11.9 Å². The lowest BCUT2D eigenvalue weighted by Gasteiger charge is -2.09. The molecule has 100 valence electrons. The van der Waals surface area contributed by atoms with E-state index in [1.54, 1.807) is 13.1 Å². The van der Waals surface area contributed by atoms with Gasteiger partial charge in [0.05, 0.1) is 0 Å². The minimum atomic E-state index is -0.0116. The van der Waals surface area contributed by atoms with Crippen molar-refractivity contribution in [3.63, 3.8) is 0 Å². The Kier molecular flexibility index (Phi) is 5.86. The largest absolute Gasteiger partial charge is 0.369 e. The molecule has 0 aliphatic rings. The molecule has 0 saturated heterocycles. The Morgan fingerprint density at radius 3 is 2.72 bits per heavy atom. The second kappa shape index (κ2) is 7.44. The normalized spacial score (nSPS) is 9.94. The van der Waals surface area contributed by atoms with Crippen LogP contribution >= 0.6 is 0 Å². The van der Waals surface area contributed by atoms with Crippen molar-refractivity contribution in [2.45, 2.75) is 26.2 Å². The van der Waals surface area contributed by atoms with Crippen molar-refractivity contribution in [1.82, 2.24) is 15.3 Å². The summed E-state index contributed by atoms with van der Waals surface area (Å²) in [6.45, 7) is 2.58. The molecule has 7 nitrogen and oxygen atoms in total. The first kappa shape index (κ1) is 14.2. The third-order valence-electron chi connectivity index (χ3n) is 2.33. The van der Waals surface area contributed by atoms with Crippen LogP contribution in [-0.4, -0.2) is 29.5 Å². The highest BCUT2D eigenvalue weighted by atomic mass is 16.1. The van der Waals surface area contributed by atoms with Crippen molar-refractivity contribution in [1.29, 1.82) is 0 Å². The molecule has 0 aromatic carbocycles. The second-order valence-corrected chi connectivity index (χ2v) is 3.80. The summed E-state index contributed by atoms with van der Waals surface area (Å²) in [5.41, 5.74) is 2.51. The molecule has 0 atom stereocenters. The van der Waals surface area contributed by atoms with Gasteiger partial charge in [0, 0.05) is 32.5 Å². The van der Waals surface area contributed by atoms with Gasteiger partial charge in [0.25, 0.3) is 0 Å². The van der Waals surface area contributed by atoms with E-state index in [1.165, 1.54) is 0 Å². The fraction of sp³-hybridized carbons (Fsp3) is 0.545. The Morgan fingerprint density at radius 1 is 1.39 bits per heavy atom. The monoisotopic (exact) mass is 252 g/mol. The number of nitrogens with one attached hydrogen (secondary N) is 3. The van der Waals surface area contributed by atoms with Crippen LogP contribution in [0.1, 0.15) is 25.6 Å². The van der Waals surface area contributed by atoms with Gasteiger partial charge in [-0.15, -0.1) is 0 Å². The van der Waals surface area contributed by atoms with E-state index in [2.05, 4.69) is 33.0 Å². The van der Waals surface area contributed by atoms with E-state index in [4.69, 9.17) is 5.84 Å². The zero-order valence-corrected chi connectivity index (χ0v) is 10.8. The van der Waals surface area contributed by atoms with Gasteiger partial charge in [-0.2, -0.15) is 0 Å². The molecule has 7 heteroatoms. The first-order chi connectivity index (χ1) is 8.69. The maximum absolute atomic E-state index is 11.1. The zero-order chi connectivity index (χ0) is 13.4. The lowest BCUT2D eigenvalue weighted by molar-refractivity contribution is -0.120. The summed E-state index contributed by atoms with van der Waals surface area (Å²) in [7, 11) is 1.61. The van der Waals surface area contributed by atoms with Crippen LogP contribution in [0.3, 0.4) is 0 Å². The van der Waals surface area contributed by atoms with Crippen LogP contribution in [0.5, 0.6) is 0 Å². The molecule has 1 aromatic rings. The van der Waals surface area contributed by atoms with Crippen LogP contribution in [0.2, 0.25) is 0 Å². The summed E-state index contributed by atoms with van der Waals surface area (Å²) in [4.78, 5) is 19.7. The summed E-state index contributed by atoms with van der Waals surface area (Å²) in [5, 5.41) is 5.64. The van der Waals surface area contributed by atoms with Gasteiger partial charge in [-0.05, 0) is 6.42 Å². The predicted octanol–water partition coefficient (Wildman–Crippen LogP) is 0.263. The summed E-state index contributed by atoms with van der Waals surface area (Å²) >= 11 is 0. The zero-order valence-electron chi connectivity index (χ0n) is 10.8. The third-order valence-corrected chi connectivity index (χ3v) is 2.33. The number of amides is 1. The van der Waals surface area contributed by atoms with E-state index < -0.39 is 0 Å². The quantitative estimate of drug-likeness (QED) is 0.410. The number of nitrogens with zero attached hydrogens (tertiary/aromatic N) is 2. The molecule has 1 amide bonds. The molecular formula is C11H20N6O. The van der Waals surface area contributed by atoms with Crippen molar-refractivity contribution in [2.75, 3.05) is 24.3 Å². The lowest BCUT2D eigenvalue weighted by Crippen LogP contribution is -2.21. The minimum Gasteiger partial charge on any atom is -0.369 e. The van der Waals surface area contributed by atoms with Crippen LogP contribution in [-0.2, 0) is 11.2 Å². The number of carbonyl (C=O) groups is 1. The number of hydrogen-bond acceptors (Lipinski definition) is 6. The highest BCUT2D eigenvalue weighted by molar-refractivity contribution is 5.76. The van der Waals surface area contributed by atoms with Crippen LogP contribution in [0, 0.1) is 0 Å². The molecule has 0 radical (unpaired) electrons. The van der Waals surface area contributed by atoms with Gasteiger partial charge in [-0.25, -0.2) is 15.8 Å². The Hall–Kier alpha value is -1.89. The molecule has 1 aromatic heterocycles. The lowest BCUT2D eigenvalue weighted by atomic mass is 10.3. The third kappa shape index (κ3) is 4.54. The predicted molar refractivity (Wildman–Crippen MR) is 71.0 cm³/mol. The van der Waals surface area contributed by atoms with E-state index in [-0.39, 0.29) is 5.91 Å². The van der Waals surface area contributed by atoms with E-state index in [0.717, 1.165) is 18.7 Å². The van der Waals surface area contributed by atoms with E-state index in [1.807, 2.05) is 0 Å². The van der Waals surface area contributed by atoms with E-state index in [9.17, 15) is 4.79 Å². The summed E-state index contributed by atoms with van der Waals surface area (Å²) in [6, 6.07) is 1.71. The summed E-state index contributed by atoms with van der Waals surface area (Å²) in [5.74, 6) is 7.31. The Bertz CT molecular complexity index is 395. The summed E-state index contributed by atoms with van der Waals surface area (Å²) < 4.78 is 0. The molecule has 1 rings (SSSR count). The molecule has 0 fully saturated rings. The molecule has 0 bridgehead atoms. The van der Waals surface area contributed by atoms with E-state index >= 15 is 0 Å². The van der Waals surface area contributed by atoms with Gasteiger partial charge in [-0.1, -0.05) is 6.92 Å². The molecule has 0 unspecified atom stereocenters. The van der Waals surface area contributed by atoms with Crippen molar-refractivity contribution < 1.29 is 4.79 Å². The second-order valence-electron chi connectivity index (χ2n) is 3.80. The van der Waals surface area contributed by atoms with Gasteiger partial charge < -0.3 is 16.1 Å². The first-order valence-corrected chi connectivity index (χ1v) is 5.98. The average molecular weight is 252 g/mol. The van der Waals surface area contributed by atoms with Crippen molar-refractivity contribution in [2.24, 2.45) is 5.84 Å². The SMILES string of the molecule is CCCc1nc(NN)cc(NCCC(=O)NC)n1. The van der Waals surface area contributed by atoms with Crippen LogP contribution in [0.15, 0.2) is 6.07 Å². The maximum Gasteiger partial charge on any atom is 0.221 e. The number of aryl methyl sites for hydroxylation is 1. The van der Waals surface area contributed by atoms with Crippen LogP contribution in [0.4, 0.5) is 11.6 Å². The van der Waals surface area contributed by atoms with Gasteiger partial charge in [0.1, 0.15) is 17.5 Å². The van der Waals surface area contributed by atoms with Crippen LogP contribution in [0.25, 0.3) is 0 Å². The number of nitrogens with two attached hydrogens (primary N) is 1. The number of nitrogen functional groups attached to an aromatic ring is 1. The van der Waals surface area contributed by atoms with Crippen molar-refractivity contribution >= 4 is 17.5 Å². The Morgan fingerprint density at radius 2 is 2.11 bits per heavy atom. The standard InChI is InChI=1S/C11H20N6O/c1-3-4-8-15-9(7-10(16-8)17-12)14-6-5-11(18)13-2/h7H,3-6,12H2,1-2H3,(H,13,18)(H2,14,15,16,17). The molecule has 0 spiro atoms. The highest BCUT2D eigenvalue weighted by Crippen LogP contribution is 2.11. The molecule has 0 aliphatic heterocycles. The fourth-order valence-corrected chi connectivity index (χ4v) is 1.43. The number of hydrazine groups is 1. The van der Waals surface area contributed by atoms with Crippen LogP contribution < -0.4 is 21.9 Å². The Labute approximate surface area is 107 Å². The fourth-order valence-electron chi connectivity index (χ4n) is 1.43. The molecular weight excluding hydrogens is 232 g/mol. The molecule has 1 heterocycles. The highest BCUT2D eigenvalue weighted by Gasteiger charge is 2.04. The molecule has 0 aliphatic carbocycles. The number of hydrogen-bond donors (Lipinski definition) is 4. The van der Waals surface area contributed by atoms with Gasteiger partial charge in [0.2, 0.25) is 5.91 Å². The number of rotatable bonds is 7. The molecule has 0 saturated carbocycles. The van der Waals surface area contributed by atoms with E-state index in [0.29, 0.717) is 24.6 Å².